The summed E-state index contributed by atoms with van der Waals surface area (Å²) in [7, 11) is 0. The molecule has 3 N–H and O–H groups in total. The molecule has 0 saturated heterocycles. The van der Waals surface area contributed by atoms with Gasteiger partial charge in [-0.3, -0.25) is 9.59 Å². The molecule has 4 fully saturated rings. The van der Waals surface area contributed by atoms with Crippen molar-refractivity contribution in [3.05, 3.63) is 29.3 Å². The molecular weight excluding hydrogens is 380 g/mol. The number of benzene rings is 1. The Hall–Kier alpha value is -1.36. The number of hydrogen-bond acceptors (Lipinski definition) is 2. The highest BCUT2D eigenvalue weighted by molar-refractivity contribution is 9.10. The Balaban J connectivity index is 1.46. The molecule has 0 aromatic heterocycles. The molecule has 134 valence electrons. The number of carbonyl (C=O) groups excluding carboxylic acids is 2. The van der Waals surface area contributed by atoms with E-state index >= 15 is 0 Å². The second-order valence-electron chi connectivity index (χ2n) is 8.73. The van der Waals surface area contributed by atoms with E-state index in [0.29, 0.717) is 12.0 Å². The van der Waals surface area contributed by atoms with Gasteiger partial charge in [-0.1, -0.05) is 15.9 Å². The first kappa shape index (κ1) is 17.1. The van der Waals surface area contributed by atoms with Gasteiger partial charge in [0.05, 0.1) is 0 Å². The molecule has 5 heteroatoms. The van der Waals surface area contributed by atoms with E-state index in [1.165, 1.54) is 32.1 Å². The van der Waals surface area contributed by atoms with Gasteiger partial charge in [0, 0.05) is 22.0 Å². The summed E-state index contributed by atoms with van der Waals surface area (Å²) in [5, 5.41) is 3.03. The minimum Gasteiger partial charge on any atom is -0.366 e. The lowest BCUT2D eigenvalue weighted by atomic mass is 9.48. The van der Waals surface area contributed by atoms with E-state index < -0.39 is 5.91 Å². The summed E-state index contributed by atoms with van der Waals surface area (Å²) < 4.78 is 0.275. The Morgan fingerprint density at radius 1 is 1.24 bits per heavy atom. The van der Waals surface area contributed by atoms with Crippen molar-refractivity contribution in [1.82, 2.24) is 0 Å². The van der Waals surface area contributed by atoms with Gasteiger partial charge >= 0.3 is 0 Å². The number of nitrogens with one attached hydrogen (secondary N) is 1. The zero-order valence-corrected chi connectivity index (χ0v) is 16.2. The summed E-state index contributed by atoms with van der Waals surface area (Å²) in [4.78, 5) is 24.0. The number of alkyl halides is 1. The molecule has 4 saturated carbocycles. The third-order valence-electron chi connectivity index (χ3n) is 6.42. The van der Waals surface area contributed by atoms with Crippen LogP contribution in [-0.4, -0.2) is 16.1 Å². The molecule has 4 aliphatic carbocycles. The third kappa shape index (κ3) is 3.23. The fourth-order valence-electron chi connectivity index (χ4n) is 6.11. The van der Waals surface area contributed by atoms with E-state index in [4.69, 9.17) is 5.73 Å². The summed E-state index contributed by atoms with van der Waals surface area (Å²) in [5.74, 6) is 1.21. The third-order valence-corrected chi connectivity index (χ3v) is 7.35. The van der Waals surface area contributed by atoms with Crippen LogP contribution in [0.25, 0.3) is 0 Å². The molecule has 5 rings (SSSR count). The average Bonchev–Trinajstić information content (AvgIpc) is 2.43. The van der Waals surface area contributed by atoms with Crippen molar-refractivity contribution < 1.29 is 9.59 Å². The number of anilines is 1. The SMILES string of the molecule is Cc1cc(NC(=O)CC23CC4CC(CC(Br)(C4)C2)C3)ccc1C(N)=O. The standard InChI is InChI=1S/C20H25BrN2O2/c1-12-4-15(2-3-16(12)18(22)25)23-17(24)10-19-6-13-5-14(7-19)9-20(21,8-13)11-19/h2-4,13-14H,5-11H2,1H3,(H2,22,25)(H,23,24). The molecule has 0 spiro atoms. The molecule has 1 aromatic carbocycles. The fraction of sp³-hybridized carbons (Fsp3) is 0.600. The molecule has 0 heterocycles. The number of aryl methyl sites for hydroxylation is 1. The monoisotopic (exact) mass is 404 g/mol. The Bertz CT molecular complexity index is 731. The molecule has 4 nitrogen and oxygen atoms in total. The summed E-state index contributed by atoms with van der Waals surface area (Å²) in [6, 6.07) is 5.27. The molecular formula is C20H25BrN2O2. The largest absolute Gasteiger partial charge is 0.366 e. The van der Waals surface area contributed by atoms with Gasteiger partial charge in [0.2, 0.25) is 11.8 Å². The number of amides is 2. The quantitative estimate of drug-likeness (QED) is 0.739. The first-order valence-electron chi connectivity index (χ1n) is 9.15. The van der Waals surface area contributed by atoms with E-state index in [1.54, 1.807) is 12.1 Å². The maximum absolute atomic E-state index is 12.7. The van der Waals surface area contributed by atoms with Gasteiger partial charge in [-0.05, 0) is 86.5 Å². The molecule has 1 aromatic rings. The smallest absolute Gasteiger partial charge is 0.248 e. The van der Waals surface area contributed by atoms with Crippen LogP contribution in [0.15, 0.2) is 18.2 Å². The summed E-state index contributed by atoms with van der Waals surface area (Å²) in [6.07, 6.45) is 8.03. The fourth-order valence-corrected chi connectivity index (χ4v) is 7.62. The molecule has 4 aliphatic rings. The van der Waals surface area contributed by atoms with Gasteiger partial charge in [0.25, 0.3) is 0 Å². The zero-order chi connectivity index (χ0) is 17.8. The number of nitrogens with two attached hydrogens (primary N) is 1. The number of rotatable bonds is 4. The van der Waals surface area contributed by atoms with E-state index in [9.17, 15) is 9.59 Å². The molecule has 4 bridgehead atoms. The predicted octanol–water partition coefficient (Wildman–Crippen LogP) is 4.16. The van der Waals surface area contributed by atoms with Crippen LogP contribution < -0.4 is 11.1 Å². The molecule has 2 unspecified atom stereocenters. The second-order valence-corrected chi connectivity index (χ2v) is 10.4. The maximum Gasteiger partial charge on any atom is 0.248 e. The predicted molar refractivity (Wildman–Crippen MR) is 102 cm³/mol. The van der Waals surface area contributed by atoms with Crippen molar-refractivity contribution in [2.75, 3.05) is 5.32 Å². The van der Waals surface area contributed by atoms with Crippen molar-refractivity contribution in [1.29, 1.82) is 0 Å². The molecule has 2 amide bonds. The van der Waals surface area contributed by atoms with Crippen LogP contribution in [0.4, 0.5) is 5.69 Å². The maximum atomic E-state index is 12.7. The molecule has 25 heavy (non-hydrogen) atoms. The number of primary amides is 1. The Morgan fingerprint density at radius 3 is 2.48 bits per heavy atom. The van der Waals surface area contributed by atoms with Crippen LogP contribution in [0.3, 0.4) is 0 Å². The van der Waals surface area contributed by atoms with E-state index in [-0.39, 0.29) is 15.6 Å². The summed E-state index contributed by atoms with van der Waals surface area (Å²) >= 11 is 4.00. The van der Waals surface area contributed by atoms with Gasteiger partial charge in [0.1, 0.15) is 0 Å². The van der Waals surface area contributed by atoms with Crippen LogP contribution >= 0.6 is 15.9 Å². The van der Waals surface area contributed by atoms with Crippen molar-refractivity contribution >= 4 is 33.4 Å². The molecule has 2 atom stereocenters. The van der Waals surface area contributed by atoms with Crippen LogP contribution in [-0.2, 0) is 4.79 Å². The minimum atomic E-state index is -0.438. The first-order valence-corrected chi connectivity index (χ1v) is 9.94. The lowest BCUT2D eigenvalue weighted by Crippen LogP contribution is -2.53. The van der Waals surface area contributed by atoms with Gasteiger partial charge in [0.15, 0.2) is 0 Å². The normalized spacial score (nSPS) is 35.6. The van der Waals surface area contributed by atoms with E-state index in [0.717, 1.165) is 29.5 Å². The summed E-state index contributed by atoms with van der Waals surface area (Å²) in [6.45, 7) is 1.84. The van der Waals surface area contributed by atoms with Crippen molar-refractivity contribution in [3.8, 4) is 0 Å². The average molecular weight is 405 g/mol. The van der Waals surface area contributed by atoms with Crippen molar-refractivity contribution in [2.24, 2.45) is 23.0 Å². The van der Waals surface area contributed by atoms with E-state index in [1.807, 2.05) is 13.0 Å². The van der Waals surface area contributed by atoms with Gasteiger partial charge in [-0.25, -0.2) is 0 Å². The Labute approximate surface area is 157 Å². The van der Waals surface area contributed by atoms with Crippen LogP contribution in [0, 0.1) is 24.2 Å². The lowest BCUT2D eigenvalue weighted by Gasteiger charge is -2.60. The first-order chi connectivity index (χ1) is 11.8. The Morgan fingerprint density at radius 2 is 1.92 bits per heavy atom. The Kier molecular flexibility index (Phi) is 3.98. The minimum absolute atomic E-state index is 0.0873. The van der Waals surface area contributed by atoms with Crippen LogP contribution in [0.5, 0.6) is 0 Å². The number of carbonyl (C=O) groups is 2. The van der Waals surface area contributed by atoms with Crippen molar-refractivity contribution in [3.63, 3.8) is 0 Å². The van der Waals surface area contributed by atoms with E-state index in [2.05, 4.69) is 21.2 Å². The van der Waals surface area contributed by atoms with Crippen LogP contribution in [0.2, 0.25) is 0 Å². The molecule has 0 aliphatic heterocycles. The second kappa shape index (κ2) is 5.83. The van der Waals surface area contributed by atoms with Gasteiger partial charge in [-0.15, -0.1) is 0 Å². The molecule has 0 radical (unpaired) electrons. The zero-order valence-electron chi connectivity index (χ0n) is 14.6. The highest BCUT2D eigenvalue weighted by atomic mass is 79.9. The summed E-state index contributed by atoms with van der Waals surface area (Å²) in [5.41, 5.74) is 7.54. The topological polar surface area (TPSA) is 72.2 Å². The van der Waals surface area contributed by atoms with Crippen LogP contribution in [0.1, 0.15) is 60.9 Å². The lowest BCUT2D eigenvalue weighted by molar-refractivity contribution is -0.123. The van der Waals surface area contributed by atoms with Gasteiger partial charge < -0.3 is 11.1 Å². The number of halogens is 1. The highest BCUT2D eigenvalue weighted by Crippen LogP contribution is 2.65. The van der Waals surface area contributed by atoms with Crippen molar-refractivity contribution in [2.45, 2.75) is 56.2 Å². The number of hydrogen-bond donors (Lipinski definition) is 2. The highest BCUT2D eigenvalue weighted by Gasteiger charge is 2.57. The van der Waals surface area contributed by atoms with Gasteiger partial charge in [-0.2, -0.15) is 0 Å².